The molecule has 0 amide bonds. The number of carboxylic acid groups (broad SMARTS) is 1. The van der Waals surface area contributed by atoms with Crippen LogP contribution in [0.5, 0.6) is 0 Å². The molecule has 1 aromatic carbocycles. The number of hydrogen-bond acceptors (Lipinski definition) is 3. The van der Waals surface area contributed by atoms with Crippen LogP contribution in [0.2, 0.25) is 0 Å². The van der Waals surface area contributed by atoms with Gasteiger partial charge in [0.15, 0.2) is 10.4 Å². The molecular weight excluding hydrogens is 250 g/mol. The predicted octanol–water partition coefficient (Wildman–Crippen LogP) is 2.35. The average Bonchev–Trinajstić information content (AvgIpc) is 2.60. The molecule has 2 rings (SSSR count). The number of carboxylic acids is 1. The number of benzene rings is 1. The van der Waals surface area contributed by atoms with E-state index in [4.69, 9.17) is 9.63 Å². The largest absolute Gasteiger partial charge is 0.480 e. The smallest absolute Gasteiger partial charge is 0.323 e. The van der Waals surface area contributed by atoms with E-state index in [1.807, 2.05) is 6.07 Å². The van der Waals surface area contributed by atoms with Crippen molar-refractivity contribution in [3.05, 3.63) is 30.0 Å². The number of alkyl halides is 1. The number of aromatic nitrogens is 1. The Morgan fingerprint density at radius 3 is 2.93 bits per heavy atom. The van der Waals surface area contributed by atoms with Crippen molar-refractivity contribution < 1.29 is 14.4 Å². The van der Waals surface area contributed by atoms with Crippen molar-refractivity contribution in [2.75, 3.05) is 0 Å². The summed E-state index contributed by atoms with van der Waals surface area (Å²) >= 11 is 3.03. The first-order valence-electron chi connectivity index (χ1n) is 3.91. The van der Waals surface area contributed by atoms with Gasteiger partial charge in [-0.15, -0.1) is 0 Å². The van der Waals surface area contributed by atoms with Crippen molar-refractivity contribution >= 4 is 32.9 Å². The Bertz CT molecular complexity index is 480. The van der Waals surface area contributed by atoms with Gasteiger partial charge in [0.25, 0.3) is 0 Å². The molecule has 0 aliphatic heterocycles. The van der Waals surface area contributed by atoms with Crippen LogP contribution in [0, 0.1) is 0 Å². The van der Waals surface area contributed by atoms with E-state index in [2.05, 4.69) is 21.1 Å². The number of hydrogen-bond donors (Lipinski definition) is 1. The highest BCUT2D eigenvalue weighted by Gasteiger charge is 2.22. The third kappa shape index (κ3) is 1.39. The van der Waals surface area contributed by atoms with Crippen LogP contribution in [-0.4, -0.2) is 16.2 Å². The highest BCUT2D eigenvalue weighted by molar-refractivity contribution is 9.09. The molecule has 1 atom stereocenters. The molecule has 0 spiro atoms. The quantitative estimate of drug-likeness (QED) is 0.837. The summed E-state index contributed by atoms with van der Waals surface area (Å²) in [6.07, 6.45) is 0. The Hall–Kier alpha value is -1.36. The third-order valence-electron chi connectivity index (χ3n) is 1.86. The summed E-state index contributed by atoms with van der Waals surface area (Å²) in [5, 5.41) is 13.2. The lowest BCUT2D eigenvalue weighted by molar-refractivity contribution is -0.136. The summed E-state index contributed by atoms with van der Waals surface area (Å²) in [7, 11) is 0. The summed E-state index contributed by atoms with van der Waals surface area (Å²) in [4.78, 5) is 9.89. The van der Waals surface area contributed by atoms with E-state index in [1.165, 1.54) is 0 Å². The zero-order valence-corrected chi connectivity index (χ0v) is 8.56. The maximum atomic E-state index is 10.7. The van der Waals surface area contributed by atoms with Crippen molar-refractivity contribution in [2.24, 2.45) is 0 Å². The molecule has 2 aromatic rings. The van der Waals surface area contributed by atoms with Crippen molar-refractivity contribution in [1.29, 1.82) is 0 Å². The van der Waals surface area contributed by atoms with Gasteiger partial charge in [-0.05, 0) is 12.1 Å². The summed E-state index contributed by atoms with van der Waals surface area (Å²) in [6.45, 7) is 0. The molecule has 0 fully saturated rings. The van der Waals surface area contributed by atoms with E-state index in [0.717, 1.165) is 5.39 Å². The average molecular weight is 256 g/mol. The first kappa shape index (κ1) is 9.21. The lowest BCUT2D eigenvalue weighted by Crippen LogP contribution is -2.04. The van der Waals surface area contributed by atoms with E-state index in [0.29, 0.717) is 11.3 Å². The number of aliphatic carboxylic acids is 1. The highest BCUT2D eigenvalue weighted by Crippen LogP contribution is 2.28. The molecule has 1 aromatic heterocycles. The predicted molar refractivity (Wildman–Crippen MR) is 53.3 cm³/mol. The van der Waals surface area contributed by atoms with Gasteiger partial charge in [0, 0.05) is 5.39 Å². The summed E-state index contributed by atoms with van der Waals surface area (Å²) in [5.41, 5.74) is 0.987. The van der Waals surface area contributed by atoms with Crippen LogP contribution in [-0.2, 0) is 4.79 Å². The van der Waals surface area contributed by atoms with Crippen LogP contribution in [0.1, 0.15) is 10.5 Å². The number of rotatable bonds is 2. The molecule has 14 heavy (non-hydrogen) atoms. The monoisotopic (exact) mass is 255 g/mol. The van der Waals surface area contributed by atoms with Crippen LogP contribution >= 0.6 is 15.9 Å². The number of para-hydroxylation sites is 1. The Labute approximate surface area is 87.6 Å². The lowest BCUT2D eigenvalue weighted by Gasteiger charge is -1.98. The Morgan fingerprint density at radius 2 is 2.21 bits per heavy atom. The molecule has 1 unspecified atom stereocenters. The van der Waals surface area contributed by atoms with Crippen molar-refractivity contribution in [3.63, 3.8) is 0 Å². The fraction of sp³-hybridized carbons (Fsp3) is 0.111. The minimum atomic E-state index is -0.982. The molecule has 72 valence electrons. The standard InChI is InChI=1S/C9H6BrNO3/c10-7(9(12)13)8-5-3-1-2-4-6(5)14-11-8/h1-4,7H,(H,12,13). The Balaban J connectivity index is 2.58. The van der Waals surface area contributed by atoms with Gasteiger partial charge in [-0.25, -0.2) is 0 Å². The van der Waals surface area contributed by atoms with Crippen LogP contribution in [0.15, 0.2) is 28.8 Å². The number of carbonyl (C=O) groups is 1. The second-order valence-corrected chi connectivity index (χ2v) is 3.68. The normalized spacial score (nSPS) is 12.9. The second kappa shape index (κ2) is 3.42. The maximum Gasteiger partial charge on any atom is 0.323 e. The van der Waals surface area contributed by atoms with E-state index in [9.17, 15) is 4.79 Å². The number of halogens is 1. The van der Waals surface area contributed by atoms with Crippen LogP contribution < -0.4 is 0 Å². The van der Waals surface area contributed by atoms with Gasteiger partial charge >= 0.3 is 5.97 Å². The molecule has 0 radical (unpaired) electrons. The highest BCUT2D eigenvalue weighted by atomic mass is 79.9. The van der Waals surface area contributed by atoms with Crippen LogP contribution in [0.3, 0.4) is 0 Å². The van der Waals surface area contributed by atoms with Crippen molar-refractivity contribution in [1.82, 2.24) is 5.16 Å². The van der Waals surface area contributed by atoms with Gasteiger partial charge in [0.05, 0.1) is 0 Å². The Kier molecular flexibility index (Phi) is 2.25. The van der Waals surface area contributed by atoms with Gasteiger partial charge in [0.1, 0.15) is 5.69 Å². The zero-order chi connectivity index (χ0) is 10.1. The molecule has 4 nitrogen and oxygen atoms in total. The van der Waals surface area contributed by atoms with Crippen molar-refractivity contribution in [2.45, 2.75) is 4.83 Å². The fourth-order valence-electron chi connectivity index (χ4n) is 1.21. The Morgan fingerprint density at radius 1 is 1.50 bits per heavy atom. The fourth-order valence-corrected chi connectivity index (χ4v) is 1.54. The van der Waals surface area contributed by atoms with Crippen LogP contribution in [0.25, 0.3) is 11.0 Å². The van der Waals surface area contributed by atoms with E-state index in [-0.39, 0.29) is 0 Å². The summed E-state index contributed by atoms with van der Waals surface area (Å²) < 4.78 is 4.98. The van der Waals surface area contributed by atoms with E-state index < -0.39 is 10.8 Å². The third-order valence-corrected chi connectivity index (χ3v) is 2.69. The van der Waals surface area contributed by atoms with Crippen LogP contribution in [0.4, 0.5) is 0 Å². The molecule has 0 saturated carbocycles. The molecule has 1 heterocycles. The summed E-state index contributed by atoms with van der Waals surface area (Å²) in [5.74, 6) is -0.982. The number of nitrogens with zero attached hydrogens (tertiary/aromatic N) is 1. The van der Waals surface area contributed by atoms with Gasteiger partial charge < -0.3 is 9.63 Å². The maximum absolute atomic E-state index is 10.7. The van der Waals surface area contributed by atoms with E-state index >= 15 is 0 Å². The lowest BCUT2D eigenvalue weighted by atomic mass is 10.2. The number of fused-ring (bicyclic) bond motifs is 1. The SMILES string of the molecule is O=C(O)C(Br)c1noc2ccccc12. The summed E-state index contributed by atoms with van der Waals surface area (Å²) in [6, 6.07) is 7.14. The van der Waals surface area contributed by atoms with Gasteiger partial charge in [-0.2, -0.15) is 0 Å². The molecule has 0 bridgehead atoms. The van der Waals surface area contributed by atoms with Crippen molar-refractivity contribution in [3.8, 4) is 0 Å². The molecular formula is C9H6BrNO3. The molecule has 1 N–H and O–H groups in total. The molecule has 0 saturated heterocycles. The van der Waals surface area contributed by atoms with E-state index in [1.54, 1.807) is 18.2 Å². The second-order valence-electron chi connectivity index (χ2n) is 2.76. The molecule has 0 aliphatic carbocycles. The van der Waals surface area contributed by atoms with Gasteiger partial charge in [-0.3, -0.25) is 4.79 Å². The first-order chi connectivity index (χ1) is 6.70. The van der Waals surface area contributed by atoms with Gasteiger partial charge in [-0.1, -0.05) is 33.2 Å². The van der Waals surface area contributed by atoms with Gasteiger partial charge in [0.2, 0.25) is 0 Å². The first-order valence-corrected chi connectivity index (χ1v) is 4.83. The zero-order valence-electron chi connectivity index (χ0n) is 6.98. The minimum Gasteiger partial charge on any atom is -0.480 e. The topological polar surface area (TPSA) is 63.3 Å². The minimum absolute atomic E-state index is 0.396. The molecule has 5 heteroatoms. The molecule has 0 aliphatic rings.